The number of Topliss-reactive ketones (excluding diaryl/α,β-unsaturated/α-hetero) is 1. The van der Waals surface area contributed by atoms with Gasteiger partial charge in [-0.2, -0.15) is 10.2 Å². The quantitative estimate of drug-likeness (QED) is 0.728. The van der Waals surface area contributed by atoms with E-state index in [1.165, 1.54) is 6.21 Å². The molecule has 2 rings (SSSR count). The second kappa shape index (κ2) is 4.04. The number of hydrogen-bond donors (Lipinski definition) is 0. The monoisotopic (exact) mass is 202 g/mol. The number of methoxy groups -OCH3 is 1. The Hall–Kier alpha value is -1.97. The summed E-state index contributed by atoms with van der Waals surface area (Å²) < 4.78 is 5.04. The highest BCUT2D eigenvalue weighted by molar-refractivity contribution is 6.35. The van der Waals surface area contributed by atoms with Crippen molar-refractivity contribution in [2.75, 3.05) is 7.11 Å². The lowest BCUT2D eigenvalue weighted by Crippen LogP contribution is -2.13. The number of rotatable bonds is 2. The molecule has 0 spiro atoms. The molecule has 4 heteroatoms. The van der Waals surface area contributed by atoms with Gasteiger partial charge in [0.25, 0.3) is 0 Å². The van der Waals surface area contributed by atoms with Gasteiger partial charge < -0.3 is 4.74 Å². The number of nitrogens with zero attached hydrogens (tertiary/aromatic N) is 2. The highest BCUT2D eigenvalue weighted by atomic mass is 16.5. The smallest absolute Gasteiger partial charge is 0.181 e. The van der Waals surface area contributed by atoms with E-state index in [1.807, 2.05) is 24.3 Å². The zero-order valence-corrected chi connectivity index (χ0v) is 8.30. The van der Waals surface area contributed by atoms with Crippen molar-refractivity contribution in [2.24, 2.45) is 10.2 Å². The molecule has 1 aromatic carbocycles. The topological polar surface area (TPSA) is 51.0 Å². The minimum Gasteiger partial charge on any atom is -0.497 e. The van der Waals surface area contributed by atoms with E-state index in [0.717, 1.165) is 11.3 Å². The molecule has 15 heavy (non-hydrogen) atoms. The number of hydrogen-bond acceptors (Lipinski definition) is 4. The summed E-state index contributed by atoms with van der Waals surface area (Å²) in [5.41, 5.74) is 1.60. The van der Waals surface area contributed by atoms with Crippen molar-refractivity contribution in [3.8, 4) is 5.75 Å². The molecule has 1 aromatic rings. The molecule has 0 unspecified atom stereocenters. The van der Waals surface area contributed by atoms with E-state index in [0.29, 0.717) is 12.1 Å². The molecule has 0 saturated carbocycles. The fourth-order valence-electron chi connectivity index (χ4n) is 1.35. The first kappa shape index (κ1) is 9.58. The Balaban J connectivity index is 2.26. The molecule has 0 radical (unpaired) electrons. The minimum absolute atomic E-state index is 0.0178. The van der Waals surface area contributed by atoms with Crippen LogP contribution in [0.2, 0.25) is 0 Å². The number of carbonyl (C=O) groups is 1. The van der Waals surface area contributed by atoms with Crippen LogP contribution in [0.5, 0.6) is 5.75 Å². The van der Waals surface area contributed by atoms with Crippen LogP contribution in [-0.2, 0) is 4.79 Å². The van der Waals surface area contributed by atoms with Gasteiger partial charge in [0.1, 0.15) is 5.75 Å². The summed E-state index contributed by atoms with van der Waals surface area (Å²) in [6, 6.07) is 7.40. The summed E-state index contributed by atoms with van der Waals surface area (Å²) in [5, 5.41) is 7.57. The molecular weight excluding hydrogens is 192 g/mol. The maximum atomic E-state index is 11.1. The Morgan fingerprint density at radius 2 is 2.00 bits per heavy atom. The van der Waals surface area contributed by atoms with Crippen LogP contribution < -0.4 is 4.74 Å². The van der Waals surface area contributed by atoms with E-state index < -0.39 is 0 Å². The lowest BCUT2D eigenvalue weighted by Gasteiger charge is -2.06. The fourth-order valence-corrected chi connectivity index (χ4v) is 1.35. The van der Waals surface area contributed by atoms with Crippen LogP contribution in [0.1, 0.15) is 12.0 Å². The average molecular weight is 202 g/mol. The summed E-state index contributed by atoms with van der Waals surface area (Å²) in [6.07, 6.45) is 1.56. The first-order chi connectivity index (χ1) is 7.29. The second-order valence-electron chi connectivity index (χ2n) is 3.16. The van der Waals surface area contributed by atoms with Crippen LogP contribution in [0.15, 0.2) is 34.5 Å². The highest BCUT2D eigenvalue weighted by Gasteiger charge is 2.11. The van der Waals surface area contributed by atoms with Crippen molar-refractivity contribution in [1.29, 1.82) is 0 Å². The van der Waals surface area contributed by atoms with Gasteiger partial charge in [0.05, 0.1) is 25.5 Å². The van der Waals surface area contributed by atoms with Gasteiger partial charge >= 0.3 is 0 Å². The predicted octanol–water partition coefficient (Wildman–Crippen LogP) is 1.44. The molecule has 0 atom stereocenters. The van der Waals surface area contributed by atoms with Crippen LogP contribution in [0.25, 0.3) is 0 Å². The summed E-state index contributed by atoms with van der Waals surface area (Å²) >= 11 is 0. The van der Waals surface area contributed by atoms with Crippen LogP contribution in [-0.4, -0.2) is 24.8 Å². The molecule has 0 bridgehead atoms. The maximum absolute atomic E-state index is 11.1. The van der Waals surface area contributed by atoms with Gasteiger partial charge in [-0.15, -0.1) is 0 Å². The van der Waals surface area contributed by atoms with Crippen molar-refractivity contribution in [2.45, 2.75) is 6.42 Å². The van der Waals surface area contributed by atoms with Crippen molar-refractivity contribution in [3.05, 3.63) is 29.8 Å². The van der Waals surface area contributed by atoms with Crippen molar-refractivity contribution < 1.29 is 9.53 Å². The van der Waals surface area contributed by atoms with Crippen LogP contribution in [0.4, 0.5) is 0 Å². The Morgan fingerprint density at radius 3 is 2.60 bits per heavy atom. The van der Waals surface area contributed by atoms with Crippen molar-refractivity contribution in [1.82, 2.24) is 0 Å². The van der Waals surface area contributed by atoms with Gasteiger partial charge in [0.2, 0.25) is 0 Å². The zero-order valence-electron chi connectivity index (χ0n) is 8.30. The van der Waals surface area contributed by atoms with E-state index in [4.69, 9.17) is 4.74 Å². The third-order valence-electron chi connectivity index (χ3n) is 2.15. The molecule has 0 amide bonds. The number of carbonyl (C=O) groups excluding carboxylic acids is 1. The van der Waals surface area contributed by atoms with Gasteiger partial charge in [-0.1, -0.05) is 0 Å². The van der Waals surface area contributed by atoms with E-state index in [-0.39, 0.29) is 5.78 Å². The molecule has 1 aliphatic heterocycles. The fraction of sp³-hybridized carbons (Fsp3) is 0.182. The maximum Gasteiger partial charge on any atom is 0.181 e. The van der Waals surface area contributed by atoms with Crippen LogP contribution in [0.3, 0.4) is 0 Å². The molecular formula is C11H10N2O2. The van der Waals surface area contributed by atoms with Gasteiger partial charge in [-0.3, -0.25) is 4.79 Å². The number of benzene rings is 1. The van der Waals surface area contributed by atoms with E-state index in [9.17, 15) is 4.79 Å². The largest absolute Gasteiger partial charge is 0.497 e. The van der Waals surface area contributed by atoms with Crippen molar-refractivity contribution >= 4 is 17.7 Å². The lowest BCUT2D eigenvalue weighted by atomic mass is 10.0. The number of ether oxygens (including phenoxy) is 1. The molecule has 0 N–H and O–H groups in total. The first-order valence-corrected chi connectivity index (χ1v) is 4.57. The Labute approximate surface area is 87.3 Å². The van der Waals surface area contributed by atoms with E-state index in [2.05, 4.69) is 10.2 Å². The molecule has 0 aliphatic carbocycles. The minimum atomic E-state index is -0.0178. The predicted molar refractivity (Wildman–Crippen MR) is 57.6 cm³/mol. The molecule has 0 saturated heterocycles. The summed E-state index contributed by atoms with van der Waals surface area (Å²) in [6.45, 7) is 0. The molecule has 1 heterocycles. The zero-order chi connectivity index (χ0) is 10.7. The highest BCUT2D eigenvalue weighted by Crippen LogP contribution is 2.14. The Kier molecular flexibility index (Phi) is 2.58. The normalized spacial score (nSPS) is 15.0. The summed E-state index contributed by atoms with van der Waals surface area (Å²) in [4.78, 5) is 11.1. The van der Waals surface area contributed by atoms with Gasteiger partial charge in [-0.05, 0) is 29.8 Å². The van der Waals surface area contributed by atoms with E-state index in [1.54, 1.807) is 7.11 Å². The molecule has 1 aliphatic rings. The summed E-state index contributed by atoms with van der Waals surface area (Å²) in [7, 11) is 1.61. The molecule has 76 valence electrons. The SMILES string of the molecule is COc1ccc(C2=NN=CC(=O)C2)cc1. The van der Waals surface area contributed by atoms with E-state index >= 15 is 0 Å². The van der Waals surface area contributed by atoms with Crippen molar-refractivity contribution in [3.63, 3.8) is 0 Å². The van der Waals surface area contributed by atoms with Gasteiger partial charge in [0.15, 0.2) is 5.78 Å². The lowest BCUT2D eigenvalue weighted by molar-refractivity contribution is -0.111. The van der Waals surface area contributed by atoms with Gasteiger partial charge in [-0.25, -0.2) is 0 Å². The van der Waals surface area contributed by atoms with Crippen LogP contribution in [0, 0.1) is 0 Å². The number of ketones is 1. The first-order valence-electron chi connectivity index (χ1n) is 4.57. The second-order valence-corrected chi connectivity index (χ2v) is 3.16. The average Bonchev–Trinajstić information content (AvgIpc) is 2.29. The van der Waals surface area contributed by atoms with Gasteiger partial charge in [0, 0.05) is 0 Å². The molecule has 4 nitrogen and oxygen atoms in total. The molecule has 0 fully saturated rings. The Bertz CT molecular complexity index is 432. The molecule has 0 aromatic heterocycles. The third-order valence-corrected chi connectivity index (χ3v) is 2.15. The summed E-state index contributed by atoms with van der Waals surface area (Å²) in [5.74, 6) is 0.765. The third kappa shape index (κ3) is 2.10. The van der Waals surface area contributed by atoms with Crippen LogP contribution >= 0.6 is 0 Å². The Morgan fingerprint density at radius 1 is 1.27 bits per heavy atom. The standard InChI is InChI=1S/C11H10N2O2/c1-15-10-4-2-8(3-5-10)11-6-9(14)7-12-13-11/h2-5,7H,6H2,1H3.